The van der Waals surface area contributed by atoms with Crippen molar-refractivity contribution in [2.75, 3.05) is 11.1 Å². The van der Waals surface area contributed by atoms with Gasteiger partial charge in [0.25, 0.3) is 5.22 Å². The molecule has 128 valence electrons. The van der Waals surface area contributed by atoms with Gasteiger partial charge in [-0.2, -0.15) is 0 Å². The highest BCUT2D eigenvalue weighted by molar-refractivity contribution is 7.99. The van der Waals surface area contributed by atoms with Crippen LogP contribution in [0.25, 0.3) is 11.5 Å². The fraction of sp³-hybridized carbons (Fsp3) is 0.0667. The Labute approximate surface area is 161 Å². The molecule has 0 aliphatic carbocycles. The minimum absolute atomic E-state index is 0.0456. The van der Waals surface area contributed by atoms with E-state index in [0.29, 0.717) is 22.2 Å². The van der Waals surface area contributed by atoms with Crippen LogP contribution in [0.5, 0.6) is 0 Å². The average molecular weight is 416 g/mol. The number of halogens is 3. The number of benzene rings is 1. The summed E-state index contributed by atoms with van der Waals surface area (Å²) in [7, 11) is 0. The Morgan fingerprint density at radius 3 is 2.64 bits per heavy atom. The molecule has 0 fully saturated rings. The second kappa shape index (κ2) is 8.05. The number of carbonyl (C=O) groups excluding carboxylic acids is 1. The topological polar surface area (TPSA) is 80.9 Å². The highest BCUT2D eigenvalue weighted by atomic mass is 35.5. The Morgan fingerprint density at radius 2 is 1.96 bits per heavy atom. The van der Waals surface area contributed by atoms with Crippen molar-refractivity contribution in [3.05, 3.63) is 51.7 Å². The summed E-state index contributed by atoms with van der Waals surface area (Å²) in [5, 5.41) is 11.6. The molecule has 0 saturated heterocycles. The molecule has 25 heavy (non-hydrogen) atoms. The Morgan fingerprint density at radius 1 is 1.20 bits per heavy atom. The molecule has 10 heteroatoms. The molecule has 3 aromatic rings. The van der Waals surface area contributed by atoms with Gasteiger partial charge in [0.2, 0.25) is 11.8 Å². The number of hydrogen-bond acceptors (Lipinski definition) is 6. The summed E-state index contributed by atoms with van der Waals surface area (Å²) >= 11 is 19.0. The summed E-state index contributed by atoms with van der Waals surface area (Å²) < 4.78 is 5.48. The molecule has 0 aliphatic heterocycles. The van der Waals surface area contributed by atoms with Gasteiger partial charge in [0, 0.05) is 17.4 Å². The van der Waals surface area contributed by atoms with Gasteiger partial charge in [-0.3, -0.25) is 9.78 Å². The van der Waals surface area contributed by atoms with Gasteiger partial charge in [-0.15, -0.1) is 10.2 Å². The molecule has 0 saturated carbocycles. The molecule has 0 radical (unpaired) electrons. The SMILES string of the molecule is O=C(CSc1nnc(-c2cccnc2)o1)Nc1c(Cl)cc(Cl)cc1Cl. The zero-order valence-corrected chi connectivity index (χ0v) is 15.5. The lowest BCUT2D eigenvalue weighted by Crippen LogP contribution is -2.14. The van der Waals surface area contributed by atoms with Gasteiger partial charge in [-0.1, -0.05) is 46.6 Å². The van der Waals surface area contributed by atoms with E-state index in [4.69, 9.17) is 39.2 Å². The van der Waals surface area contributed by atoms with Crippen molar-refractivity contribution in [2.45, 2.75) is 5.22 Å². The van der Waals surface area contributed by atoms with Gasteiger partial charge in [0.05, 0.1) is 27.0 Å². The molecule has 2 heterocycles. The molecule has 6 nitrogen and oxygen atoms in total. The van der Waals surface area contributed by atoms with Crippen molar-refractivity contribution in [3.63, 3.8) is 0 Å². The second-order valence-corrected chi connectivity index (χ2v) is 6.87. The van der Waals surface area contributed by atoms with Gasteiger partial charge in [0.15, 0.2) is 0 Å². The Bertz CT molecular complexity index is 882. The first-order valence-electron chi connectivity index (χ1n) is 6.84. The Hall–Kier alpha value is -1.80. The summed E-state index contributed by atoms with van der Waals surface area (Å²) in [4.78, 5) is 16.1. The number of pyridine rings is 1. The fourth-order valence-electron chi connectivity index (χ4n) is 1.84. The molecule has 0 spiro atoms. The van der Waals surface area contributed by atoms with E-state index >= 15 is 0 Å². The number of nitrogens with one attached hydrogen (secondary N) is 1. The lowest BCUT2D eigenvalue weighted by atomic mass is 10.3. The second-order valence-electron chi connectivity index (χ2n) is 4.70. The summed E-state index contributed by atoms with van der Waals surface area (Å²) in [5.74, 6) is 0.0567. The van der Waals surface area contributed by atoms with E-state index in [1.807, 2.05) is 0 Å². The number of hydrogen-bond donors (Lipinski definition) is 1. The highest BCUT2D eigenvalue weighted by Gasteiger charge is 2.14. The minimum Gasteiger partial charge on any atom is -0.411 e. The number of anilines is 1. The van der Waals surface area contributed by atoms with Crippen LogP contribution < -0.4 is 5.32 Å². The predicted octanol–water partition coefficient (Wildman–Crippen LogP) is 4.82. The van der Waals surface area contributed by atoms with Gasteiger partial charge in [-0.05, 0) is 24.3 Å². The van der Waals surface area contributed by atoms with Crippen LogP contribution >= 0.6 is 46.6 Å². The first-order valence-corrected chi connectivity index (χ1v) is 8.96. The molecule has 1 N–H and O–H groups in total. The normalized spacial score (nSPS) is 10.7. The highest BCUT2D eigenvalue weighted by Crippen LogP contribution is 2.34. The molecule has 3 rings (SSSR count). The maximum absolute atomic E-state index is 12.1. The third-order valence-corrected chi connectivity index (χ3v) is 4.55. The monoisotopic (exact) mass is 414 g/mol. The maximum atomic E-state index is 12.1. The van der Waals surface area contributed by atoms with Crippen LogP contribution in [0.4, 0.5) is 5.69 Å². The number of amides is 1. The molecular formula is C15H9Cl3N4O2S. The minimum atomic E-state index is -0.322. The van der Waals surface area contributed by atoms with Crippen LogP contribution in [0.15, 0.2) is 46.3 Å². The van der Waals surface area contributed by atoms with Crippen molar-refractivity contribution in [1.29, 1.82) is 0 Å². The van der Waals surface area contributed by atoms with Crippen molar-refractivity contribution in [2.24, 2.45) is 0 Å². The van der Waals surface area contributed by atoms with Crippen LogP contribution in [-0.2, 0) is 4.79 Å². The fourth-order valence-corrected chi connectivity index (χ4v) is 3.31. The van der Waals surface area contributed by atoms with Crippen LogP contribution in [0.2, 0.25) is 15.1 Å². The number of carbonyl (C=O) groups is 1. The molecule has 1 aromatic carbocycles. The van der Waals surface area contributed by atoms with Crippen molar-refractivity contribution < 1.29 is 9.21 Å². The zero-order valence-electron chi connectivity index (χ0n) is 12.4. The Kier molecular flexibility index (Phi) is 5.80. The van der Waals surface area contributed by atoms with Gasteiger partial charge >= 0.3 is 0 Å². The summed E-state index contributed by atoms with van der Waals surface area (Å²) in [6.07, 6.45) is 3.26. The lowest BCUT2D eigenvalue weighted by Gasteiger charge is -2.09. The first kappa shape index (κ1) is 18.0. The summed E-state index contributed by atoms with van der Waals surface area (Å²) in [5.41, 5.74) is 1.01. The zero-order chi connectivity index (χ0) is 17.8. The van der Waals surface area contributed by atoms with E-state index in [2.05, 4.69) is 20.5 Å². The molecule has 0 atom stereocenters. The number of aromatic nitrogens is 3. The van der Waals surface area contributed by atoms with Crippen LogP contribution in [0.3, 0.4) is 0 Å². The lowest BCUT2D eigenvalue weighted by molar-refractivity contribution is -0.113. The number of nitrogens with zero attached hydrogens (tertiary/aromatic N) is 3. The third-order valence-electron chi connectivity index (χ3n) is 2.91. The largest absolute Gasteiger partial charge is 0.411 e. The molecule has 1 amide bonds. The summed E-state index contributed by atoms with van der Waals surface area (Å²) in [6, 6.07) is 6.55. The van der Waals surface area contributed by atoms with Gasteiger partial charge < -0.3 is 9.73 Å². The van der Waals surface area contributed by atoms with E-state index in [1.165, 1.54) is 12.1 Å². The molecular weight excluding hydrogens is 407 g/mol. The average Bonchev–Trinajstić information content (AvgIpc) is 3.06. The quantitative estimate of drug-likeness (QED) is 0.602. The van der Waals surface area contributed by atoms with Crippen LogP contribution in [0.1, 0.15) is 0 Å². The Balaban J connectivity index is 1.61. The third kappa shape index (κ3) is 4.64. The predicted molar refractivity (Wildman–Crippen MR) is 98.4 cm³/mol. The van der Waals surface area contributed by atoms with Crippen molar-refractivity contribution >= 4 is 58.2 Å². The number of thioether (sulfide) groups is 1. The molecule has 2 aromatic heterocycles. The van der Waals surface area contributed by atoms with Gasteiger partial charge in [0.1, 0.15) is 0 Å². The number of rotatable bonds is 5. The smallest absolute Gasteiger partial charge is 0.277 e. The van der Waals surface area contributed by atoms with E-state index in [0.717, 1.165) is 11.8 Å². The maximum Gasteiger partial charge on any atom is 0.277 e. The molecule has 0 unspecified atom stereocenters. The molecule has 0 bridgehead atoms. The van der Waals surface area contributed by atoms with Crippen LogP contribution in [-0.4, -0.2) is 26.8 Å². The van der Waals surface area contributed by atoms with Gasteiger partial charge in [-0.25, -0.2) is 0 Å². The van der Waals surface area contributed by atoms with E-state index < -0.39 is 0 Å². The van der Waals surface area contributed by atoms with Crippen LogP contribution in [0, 0.1) is 0 Å². The summed E-state index contributed by atoms with van der Waals surface area (Å²) in [6.45, 7) is 0. The standard InChI is InChI=1S/C15H9Cl3N4O2S/c16-9-4-10(17)13(11(18)5-9)20-12(23)7-25-15-22-21-14(24-15)8-2-1-3-19-6-8/h1-6H,7H2,(H,20,23). The molecule has 0 aliphatic rings. The van der Waals surface area contributed by atoms with Crippen molar-refractivity contribution in [3.8, 4) is 11.5 Å². The van der Waals surface area contributed by atoms with E-state index in [1.54, 1.807) is 24.5 Å². The van der Waals surface area contributed by atoms with E-state index in [-0.39, 0.29) is 26.9 Å². The van der Waals surface area contributed by atoms with Crippen molar-refractivity contribution in [1.82, 2.24) is 15.2 Å². The van der Waals surface area contributed by atoms with E-state index in [9.17, 15) is 4.79 Å². The first-order chi connectivity index (χ1) is 12.0.